The zero-order valence-corrected chi connectivity index (χ0v) is 16.6. The molecule has 2 saturated heterocycles. The summed E-state index contributed by atoms with van der Waals surface area (Å²) in [5.74, 6) is 1.96. The molecule has 0 aliphatic carbocycles. The highest BCUT2D eigenvalue weighted by Gasteiger charge is 2.32. The van der Waals surface area contributed by atoms with Crippen LogP contribution in [0.2, 0.25) is 0 Å². The van der Waals surface area contributed by atoms with Gasteiger partial charge in [0.25, 0.3) is 0 Å². The lowest BCUT2D eigenvalue weighted by Crippen LogP contribution is -2.53. The van der Waals surface area contributed by atoms with Crippen LogP contribution < -0.4 is 5.32 Å². The standard InChI is InChI=1S/C20H30N6O2/c1-2-21-20(25-12-14-28-17(15-25)16-7-6-13-27-16)22-10-5-9-19-24-23-18-8-3-4-11-26(18)19/h3-4,8,11,16-17H,2,5-7,9-10,12-15H2,1H3,(H,21,22). The molecule has 1 N–H and O–H groups in total. The van der Waals surface area contributed by atoms with Gasteiger partial charge >= 0.3 is 0 Å². The Morgan fingerprint density at radius 2 is 2.18 bits per heavy atom. The molecule has 28 heavy (non-hydrogen) atoms. The molecule has 2 fully saturated rings. The number of aryl methyl sites for hydroxylation is 1. The number of nitrogens with zero attached hydrogens (tertiary/aromatic N) is 5. The van der Waals surface area contributed by atoms with Gasteiger partial charge in [-0.1, -0.05) is 6.07 Å². The first-order chi connectivity index (χ1) is 13.8. The van der Waals surface area contributed by atoms with Gasteiger partial charge in [-0.05, 0) is 38.3 Å². The SMILES string of the molecule is CCNC(=NCCCc1nnc2ccccn12)N1CCOC(C2CCCO2)C1. The maximum absolute atomic E-state index is 5.97. The number of nitrogens with one attached hydrogen (secondary N) is 1. The van der Waals surface area contributed by atoms with Gasteiger partial charge in [-0.15, -0.1) is 10.2 Å². The van der Waals surface area contributed by atoms with E-state index in [0.29, 0.717) is 0 Å². The Labute approximate surface area is 165 Å². The number of ether oxygens (including phenoxy) is 2. The number of pyridine rings is 1. The molecule has 0 bridgehead atoms. The van der Waals surface area contributed by atoms with Gasteiger partial charge in [0.2, 0.25) is 0 Å². The van der Waals surface area contributed by atoms with Crippen molar-refractivity contribution in [2.45, 2.75) is 44.8 Å². The fourth-order valence-electron chi connectivity index (χ4n) is 3.90. The molecule has 4 rings (SSSR count). The van der Waals surface area contributed by atoms with E-state index < -0.39 is 0 Å². The van der Waals surface area contributed by atoms with E-state index in [9.17, 15) is 0 Å². The number of aliphatic imine (C=N–C) groups is 1. The van der Waals surface area contributed by atoms with Crippen LogP contribution >= 0.6 is 0 Å². The van der Waals surface area contributed by atoms with Gasteiger partial charge < -0.3 is 19.7 Å². The normalized spacial score (nSPS) is 23.5. The van der Waals surface area contributed by atoms with E-state index in [2.05, 4.69) is 27.3 Å². The smallest absolute Gasteiger partial charge is 0.194 e. The molecule has 2 aromatic heterocycles. The van der Waals surface area contributed by atoms with Crippen LogP contribution in [0.5, 0.6) is 0 Å². The number of guanidine groups is 1. The third-order valence-electron chi connectivity index (χ3n) is 5.31. The van der Waals surface area contributed by atoms with Gasteiger partial charge in [0, 0.05) is 45.4 Å². The van der Waals surface area contributed by atoms with Crippen molar-refractivity contribution in [2.75, 3.05) is 39.4 Å². The van der Waals surface area contributed by atoms with Crippen LogP contribution in [0, 0.1) is 0 Å². The van der Waals surface area contributed by atoms with Gasteiger partial charge in [0.1, 0.15) is 11.9 Å². The zero-order chi connectivity index (χ0) is 19.2. The van der Waals surface area contributed by atoms with E-state index in [0.717, 1.165) is 82.5 Å². The summed E-state index contributed by atoms with van der Waals surface area (Å²) >= 11 is 0. The summed E-state index contributed by atoms with van der Waals surface area (Å²) in [5.41, 5.74) is 0.892. The number of hydrogen-bond donors (Lipinski definition) is 1. The summed E-state index contributed by atoms with van der Waals surface area (Å²) in [6.07, 6.45) is 6.40. The predicted molar refractivity (Wildman–Crippen MR) is 108 cm³/mol. The number of hydrogen-bond acceptors (Lipinski definition) is 5. The first-order valence-electron chi connectivity index (χ1n) is 10.4. The molecule has 8 heteroatoms. The molecular formula is C20H30N6O2. The van der Waals surface area contributed by atoms with Crippen molar-refractivity contribution >= 4 is 11.6 Å². The largest absolute Gasteiger partial charge is 0.375 e. The Hall–Kier alpha value is -2.19. The highest BCUT2D eigenvalue weighted by molar-refractivity contribution is 5.80. The summed E-state index contributed by atoms with van der Waals surface area (Å²) < 4.78 is 13.8. The van der Waals surface area contributed by atoms with E-state index in [4.69, 9.17) is 14.5 Å². The van der Waals surface area contributed by atoms with Crippen LogP contribution in [0.1, 0.15) is 32.0 Å². The van der Waals surface area contributed by atoms with Crippen molar-refractivity contribution in [3.8, 4) is 0 Å². The summed E-state index contributed by atoms with van der Waals surface area (Å²) in [5, 5.41) is 11.9. The Kier molecular flexibility index (Phi) is 6.38. The van der Waals surface area contributed by atoms with Crippen LogP contribution in [0.25, 0.3) is 5.65 Å². The molecule has 0 spiro atoms. The third kappa shape index (κ3) is 4.44. The van der Waals surface area contributed by atoms with Crippen LogP contribution in [-0.2, 0) is 15.9 Å². The molecule has 4 heterocycles. The maximum Gasteiger partial charge on any atom is 0.194 e. The third-order valence-corrected chi connectivity index (χ3v) is 5.31. The van der Waals surface area contributed by atoms with E-state index in [1.807, 2.05) is 28.8 Å². The van der Waals surface area contributed by atoms with Crippen molar-refractivity contribution in [2.24, 2.45) is 4.99 Å². The van der Waals surface area contributed by atoms with Crippen LogP contribution in [0.3, 0.4) is 0 Å². The monoisotopic (exact) mass is 386 g/mol. The highest BCUT2D eigenvalue weighted by Crippen LogP contribution is 2.21. The Morgan fingerprint density at radius 3 is 3.04 bits per heavy atom. The van der Waals surface area contributed by atoms with Gasteiger partial charge in [0.15, 0.2) is 11.6 Å². The molecule has 8 nitrogen and oxygen atoms in total. The summed E-state index contributed by atoms with van der Waals surface area (Å²) in [6.45, 7) is 7.00. The summed E-state index contributed by atoms with van der Waals surface area (Å²) in [4.78, 5) is 7.17. The number of aromatic nitrogens is 3. The zero-order valence-electron chi connectivity index (χ0n) is 16.6. The summed E-state index contributed by atoms with van der Waals surface area (Å²) in [6, 6.07) is 5.96. The minimum atomic E-state index is 0.141. The lowest BCUT2D eigenvalue weighted by atomic mass is 10.1. The van der Waals surface area contributed by atoms with Crippen LogP contribution in [0.15, 0.2) is 29.4 Å². The second kappa shape index (κ2) is 9.34. The number of morpholine rings is 1. The topological polar surface area (TPSA) is 76.3 Å². The lowest BCUT2D eigenvalue weighted by molar-refractivity contribution is -0.0817. The second-order valence-electron chi connectivity index (χ2n) is 7.29. The molecule has 0 aromatic carbocycles. The Balaban J connectivity index is 1.33. The molecule has 152 valence electrons. The average Bonchev–Trinajstić information content (AvgIpc) is 3.41. The average molecular weight is 387 g/mol. The van der Waals surface area contributed by atoms with Crippen LogP contribution in [0.4, 0.5) is 0 Å². The van der Waals surface area contributed by atoms with E-state index >= 15 is 0 Å². The first kappa shape index (κ1) is 19.1. The van der Waals surface area contributed by atoms with Crippen LogP contribution in [-0.4, -0.2) is 77.1 Å². The van der Waals surface area contributed by atoms with Gasteiger partial charge in [0.05, 0.1) is 12.7 Å². The number of fused-ring (bicyclic) bond motifs is 1. The Bertz CT molecular complexity index is 786. The van der Waals surface area contributed by atoms with Gasteiger partial charge in [-0.25, -0.2) is 0 Å². The predicted octanol–water partition coefficient (Wildman–Crippen LogP) is 1.51. The molecule has 0 saturated carbocycles. The summed E-state index contributed by atoms with van der Waals surface area (Å²) in [7, 11) is 0. The molecule has 0 amide bonds. The molecule has 2 aliphatic heterocycles. The minimum Gasteiger partial charge on any atom is -0.375 e. The van der Waals surface area contributed by atoms with E-state index in [-0.39, 0.29) is 12.2 Å². The van der Waals surface area contributed by atoms with E-state index in [1.165, 1.54) is 0 Å². The number of rotatable bonds is 6. The second-order valence-corrected chi connectivity index (χ2v) is 7.29. The van der Waals surface area contributed by atoms with Crippen molar-refractivity contribution in [1.82, 2.24) is 24.8 Å². The van der Waals surface area contributed by atoms with Crippen molar-refractivity contribution in [3.63, 3.8) is 0 Å². The molecule has 2 atom stereocenters. The molecule has 2 aromatic rings. The van der Waals surface area contributed by atoms with Crippen molar-refractivity contribution < 1.29 is 9.47 Å². The molecule has 2 unspecified atom stereocenters. The quantitative estimate of drug-likeness (QED) is 0.461. The van der Waals surface area contributed by atoms with Crippen molar-refractivity contribution in [3.05, 3.63) is 30.2 Å². The first-order valence-corrected chi connectivity index (χ1v) is 10.4. The van der Waals surface area contributed by atoms with Gasteiger partial charge in [-0.2, -0.15) is 0 Å². The van der Waals surface area contributed by atoms with E-state index in [1.54, 1.807) is 0 Å². The van der Waals surface area contributed by atoms with Gasteiger partial charge in [-0.3, -0.25) is 9.39 Å². The molecular weight excluding hydrogens is 356 g/mol. The van der Waals surface area contributed by atoms with Crippen molar-refractivity contribution in [1.29, 1.82) is 0 Å². The fourth-order valence-corrected chi connectivity index (χ4v) is 3.90. The molecule has 2 aliphatic rings. The fraction of sp³-hybridized carbons (Fsp3) is 0.650. The minimum absolute atomic E-state index is 0.141. The lowest BCUT2D eigenvalue weighted by Gasteiger charge is -2.37. The maximum atomic E-state index is 5.97. The molecule has 0 radical (unpaired) electrons. The highest BCUT2D eigenvalue weighted by atomic mass is 16.5. The Morgan fingerprint density at radius 1 is 1.25 bits per heavy atom.